The molecule has 3 rings (SSSR count). The zero-order valence-electron chi connectivity index (χ0n) is 14.2. The number of hydrogen-bond donors (Lipinski definition) is 2. The van der Waals surface area contributed by atoms with Gasteiger partial charge < -0.3 is 20.1 Å². The zero-order chi connectivity index (χ0) is 17.5. The normalized spacial score (nSPS) is 19.2. The molecule has 1 aromatic rings. The van der Waals surface area contributed by atoms with Crippen LogP contribution >= 0.6 is 0 Å². The van der Waals surface area contributed by atoms with E-state index < -0.39 is 12.2 Å². The van der Waals surface area contributed by atoms with Gasteiger partial charge >= 0.3 is 23.9 Å². The van der Waals surface area contributed by atoms with Crippen molar-refractivity contribution in [3.05, 3.63) is 0 Å². The predicted octanol–water partition coefficient (Wildman–Crippen LogP) is 2.91. The van der Waals surface area contributed by atoms with Crippen molar-refractivity contribution in [3.63, 3.8) is 0 Å². The highest BCUT2D eigenvalue weighted by atomic mass is 16.7. The summed E-state index contributed by atoms with van der Waals surface area (Å²) in [6.07, 6.45) is 9.15. The van der Waals surface area contributed by atoms with Gasteiger partial charge in [0.05, 0.1) is 0 Å². The van der Waals surface area contributed by atoms with Gasteiger partial charge in [0.15, 0.2) is 0 Å². The van der Waals surface area contributed by atoms with Crippen LogP contribution in [0.5, 0.6) is 11.8 Å². The van der Waals surface area contributed by atoms with E-state index in [1.807, 2.05) is 0 Å². The molecule has 0 aromatic carbocycles. The van der Waals surface area contributed by atoms with Gasteiger partial charge in [0.1, 0.15) is 0 Å². The van der Waals surface area contributed by atoms with Crippen molar-refractivity contribution in [2.45, 2.75) is 76.3 Å². The van der Waals surface area contributed by atoms with Gasteiger partial charge in [-0.1, -0.05) is 38.5 Å². The first-order valence-electron chi connectivity index (χ1n) is 9.00. The third-order valence-corrected chi connectivity index (χ3v) is 4.66. The number of nitrogens with zero attached hydrogens (tertiary/aromatic N) is 2. The quantitative estimate of drug-likeness (QED) is 0.856. The molecule has 2 aliphatic rings. The SMILES string of the molecule is O=C(NC1CCCCC1)Oc1nonc1OC(=O)NC1CCCCC1. The molecule has 138 valence electrons. The third-order valence-electron chi connectivity index (χ3n) is 4.66. The van der Waals surface area contributed by atoms with Crippen molar-refractivity contribution in [1.29, 1.82) is 0 Å². The highest BCUT2D eigenvalue weighted by Gasteiger charge is 2.24. The van der Waals surface area contributed by atoms with Gasteiger partial charge in [-0.3, -0.25) is 0 Å². The number of nitrogens with one attached hydrogen (secondary N) is 2. The van der Waals surface area contributed by atoms with Gasteiger partial charge in [-0.05, 0) is 36.0 Å². The smallest absolute Gasteiger partial charge is 0.383 e. The summed E-state index contributed by atoms with van der Waals surface area (Å²) in [7, 11) is 0. The lowest BCUT2D eigenvalue weighted by Gasteiger charge is -2.22. The van der Waals surface area contributed by atoms with Crippen molar-refractivity contribution in [3.8, 4) is 11.8 Å². The first-order chi connectivity index (χ1) is 12.2. The Morgan fingerprint density at radius 2 is 1.16 bits per heavy atom. The maximum atomic E-state index is 11.9. The Labute approximate surface area is 145 Å². The van der Waals surface area contributed by atoms with E-state index in [1.165, 1.54) is 12.8 Å². The summed E-state index contributed by atoms with van der Waals surface area (Å²) in [6.45, 7) is 0. The number of carbonyl (C=O) groups excluding carboxylic acids is 2. The number of amides is 2. The maximum Gasteiger partial charge on any atom is 0.414 e. The molecule has 1 heterocycles. The van der Waals surface area contributed by atoms with Crippen LogP contribution in [-0.4, -0.2) is 34.6 Å². The summed E-state index contributed by atoms with van der Waals surface area (Å²) in [5.74, 6) is -0.515. The standard InChI is InChI=1S/C16H24N4O5/c21-15(17-11-7-3-1-4-8-11)23-13-14(20-25-19-13)24-16(22)18-12-9-5-2-6-10-12/h11-12H,1-10H2,(H,17,21)(H,18,22). The predicted molar refractivity (Wildman–Crippen MR) is 86.4 cm³/mol. The first kappa shape index (κ1) is 17.5. The van der Waals surface area contributed by atoms with Crippen LogP contribution in [0.1, 0.15) is 64.2 Å². The van der Waals surface area contributed by atoms with E-state index in [0.717, 1.165) is 51.4 Å². The molecule has 2 aliphatic carbocycles. The minimum absolute atomic E-state index is 0.0973. The van der Waals surface area contributed by atoms with Crippen LogP contribution in [0.25, 0.3) is 0 Å². The molecule has 0 radical (unpaired) electrons. The van der Waals surface area contributed by atoms with E-state index in [9.17, 15) is 9.59 Å². The van der Waals surface area contributed by atoms with Crippen LogP contribution in [0.3, 0.4) is 0 Å². The van der Waals surface area contributed by atoms with Crippen molar-refractivity contribution >= 4 is 12.2 Å². The Balaban J connectivity index is 1.47. The minimum atomic E-state index is -0.653. The molecular formula is C16H24N4O5. The van der Waals surface area contributed by atoms with E-state index >= 15 is 0 Å². The van der Waals surface area contributed by atoms with Crippen molar-refractivity contribution < 1.29 is 23.7 Å². The lowest BCUT2D eigenvalue weighted by Crippen LogP contribution is -2.39. The molecule has 0 atom stereocenters. The molecule has 0 saturated heterocycles. The van der Waals surface area contributed by atoms with E-state index in [-0.39, 0.29) is 23.8 Å². The number of aromatic nitrogens is 2. The second-order valence-corrected chi connectivity index (χ2v) is 6.61. The summed E-state index contributed by atoms with van der Waals surface area (Å²) >= 11 is 0. The molecule has 2 saturated carbocycles. The molecule has 9 nitrogen and oxygen atoms in total. The van der Waals surface area contributed by atoms with Crippen molar-refractivity contribution in [2.24, 2.45) is 0 Å². The zero-order valence-corrected chi connectivity index (χ0v) is 14.2. The van der Waals surface area contributed by atoms with Crippen molar-refractivity contribution in [1.82, 2.24) is 20.9 Å². The van der Waals surface area contributed by atoms with Crippen LogP contribution < -0.4 is 20.1 Å². The fourth-order valence-electron chi connectivity index (χ4n) is 3.36. The van der Waals surface area contributed by atoms with E-state index in [2.05, 4.69) is 25.6 Å². The van der Waals surface area contributed by atoms with Crippen LogP contribution in [0, 0.1) is 0 Å². The van der Waals surface area contributed by atoms with Crippen LogP contribution in [0.15, 0.2) is 4.63 Å². The summed E-state index contributed by atoms with van der Waals surface area (Å²) in [5, 5.41) is 12.5. The minimum Gasteiger partial charge on any atom is -0.383 e. The monoisotopic (exact) mass is 352 g/mol. The number of ether oxygens (including phenoxy) is 2. The maximum absolute atomic E-state index is 11.9. The molecular weight excluding hydrogens is 328 g/mol. The Hall–Kier alpha value is -2.32. The van der Waals surface area contributed by atoms with Crippen LogP contribution in [-0.2, 0) is 0 Å². The van der Waals surface area contributed by atoms with Crippen LogP contribution in [0.4, 0.5) is 9.59 Å². The second kappa shape index (κ2) is 8.68. The lowest BCUT2D eigenvalue weighted by molar-refractivity contribution is 0.179. The number of rotatable bonds is 4. The fraction of sp³-hybridized carbons (Fsp3) is 0.750. The first-order valence-corrected chi connectivity index (χ1v) is 9.00. The molecule has 0 spiro atoms. The summed E-state index contributed by atoms with van der Waals surface area (Å²) in [6, 6.07) is 0.195. The van der Waals surface area contributed by atoms with Gasteiger partial charge in [0, 0.05) is 12.1 Å². The Bertz CT molecular complexity index is 530. The molecule has 0 unspecified atom stereocenters. The summed E-state index contributed by atoms with van der Waals surface area (Å²) in [4.78, 5) is 23.9. The van der Waals surface area contributed by atoms with Gasteiger partial charge in [-0.2, -0.15) is 0 Å². The van der Waals surface area contributed by atoms with Gasteiger partial charge in [-0.15, -0.1) is 0 Å². The molecule has 2 N–H and O–H groups in total. The number of carbonyl (C=O) groups is 2. The Kier molecular flexibility index (Phi) is 6.08. The highest BCUT2D eigenvalue weighted by molar-refractivity contribution is 5.73. The van der Waals surface area contributed by atoms with Crippen molar-refractivity contribution in [2.75, 3.05) is 0 Å². The summed E-state index contributed by atoms with van der Waals surface area (Å²) in [5.41, 5.74) is 0. The molecule has 25 heavy (non-hydrogen) atoms. The lowest BCUT2D eigenvalue weighted by atomic mass is 9.96. The fourth-order valence-corrected chi connectivity index (χ4v) is 3.36. The van der Waals surface area contributed by atoms with E-state index in [0.29, 0.717) is 0 Å². The average molecular weight is 352 g/mol. The molecule has 2 amide bonds. The topological polar surface area (TPSA) is 116 Å². The highest BCUT2D eigenvalue weighted by Crippen LogP contribution is 2.23. The van der Waals surface area contributed by atoms with Gasteiger partial charge in [0.25, 0.3) is 0 Å². The van der Waals surface area contributed by atoms with E-state index in [1.54, 1.807) is 0 Å². The molecule has 9 heteroatoms. The molecule has 1 aromatic heterocycles. The van der Waals surface area contributed by atoms with E-state index in [4.69, 9.17) is 9.47 Å². The Morgan fingerprint density at radius 3 is 1.56 bits per heavy atom. The largest absolute Gasteiger partial charge is 0.414 e. The Morgan fingerprint density at radius 1 is 0.760 bits per heavy atom. The second-order valence-electron chi connectivity index (χ2n) is 6.61. The molecule has 0 aliphatic heterocycles. The number of hydrogen-bond acceptors (Lipinski definition) is 7. The summed E-state index contributed by atoms with van der Waals surface area (Å²) < 4.78 is 14.6. The third kappa shape index (κ3) is 5.33. The van der Waals surface area contributed by atoms with Crippen LogP contribution in [0.2, 0.25) is 0 Å². The van der Waals surface area contributed by atoms with Gasteiger partial charge in [-0.25, -0.2) is 14.2 Å². The average Bonchev–Trinajstić information content (AvgIpc) is 3.03. The molecule has 0 bridgehead atoms. The molecule has 2 fully saturated rings. The van der Waals surface area contributed by atoms with Gasteiger partial charge in [0.2, 0.25) is 0 Å².